The zero-order valence-corrected chi connectivity index (χ0v) is 14.9. The van der Waals surface area contributed by atoms with Crippen molar-refractivity contribution in [1.29, 1.82) is 0 Å². The van der Waals surface area contributed by atoms with Crippen LogP contribution >= 0.6 is 34.5 Å². The molecule has 1 atom stereocenters. The van der Waals surface area contributed by atoms with Gasteiger partial charge in [-0.15, -0.1) is 11.3 Å². The van der Waals surface area contributed by atoms with Crippen molar-refractivity contribution in [3.63, 3.8) is 0 Å². The van der Waals surface area contributed by atoms with Crippen LogP contribution in [0.25, 0.3) is 10.1 Å². The van der Waals surface area contributed by atoms with E-state index in [1.54, 1.807) is 17.4 Å². The van der Waals surface area contributed by atoms with Crippen molar-refractivity contribution in [1.82, 2.24) is 5.32 Å². The predicted molar refractivity (Wildman–Crippen MR) is 102 cm³/mol. The van der Waals surface area contributed by atoms with Gasteiger partial charge in [0, 0.05) is 33.9 Å². The lowest BCUT2D eigenvalue weighted by molar-refractivity contribution is 0.517. The maximum Gasteiger partial charge on any atom is 0.0424 e. The Morgan fingerprint density at radius 3 is 2.57 bits per heavy atom. The minimum absolute atomic E-state index is 0.214. The van der Waals surface area contributed by atoms with Crippen LogP contribution in [-0.4, -0.2) is 12.6 Å². The van der Waals surface area contributed by atoms with Crippen LogP contribution in [0.4, 0.5) is 0 Å². The van der Waals surface area contributed by atoms with Crippen LogP contribution in [0.15, 0.2) is 47.8 Å². The van der Waals surface area contributed by atoms with Gasteiger partial charge >= 0.3 is 0 Å². The SMILES string of the molecule is NCC(Cc1csc2ccccc12)NCc1cc(Cl)cc(Cl)c1. The van der Waals surface area contributed by atoms with E-state index in [0.717, 1.165) is 12.0 Å². The molecule has 23 heavy (non-hydrogen) atoms. The second kappa shape index (κ2) is 7.65. The van der Waals surface area contributed by atoms with Crippen LogP contribution in [-0.2, 0) is 13.0 Å². The van der Waals surface area contributed by atoms with Gasteiger partial charge in [-0.1, -0.05) is 41.4 Å². The van der Waals surface area contributed by atoms with Crippen LogP contribution in [0.5, 0.6) is 0 Å². The van der Waals surface area contributed by atoms with Gasteiger partial charge in [-0.05, 0) is 52.6 Å². The first-order valence-electron chi connectivity index (χ1n) is 7.49. The van der Waals surface area contributed by atoms with Crippen molar-refractivity contribution in [3.05, 3.63) is 69.0 Å². The normalized spacial score (nSPS) is 12.7. The van der Waals surface area contributed by atoms with E-state index < -0.39 is 0 Å². The Morgan fingerprint density at radius 2 is 1.83 bits per heavy atom. The molecule has 1 unspecified atom stereocenters. The van der Waals surface area contributed by atoms with Crippen LogP contribution in [0, 0.1) is 0 Å². The first kappa shape index (κ1) is 16.7. The van der Waals surface area contributed by atoms with E-state index in [1.165, 1.54) is 15.6 Å². The van der Waals surface area contributed by atoms with Crippen molar-refractivity contribution in [2.75, 3.05) is 6.54 Å². The molecule has 0 radical (unpaired) electrons. The minimum Gasteiger partial charge on any atom is -0.329 e. The summed E-state index contributed by atoms with van der Waals surface area (Å²) < 4.78 is 1.32. The summed E-state index contributed by atoms with van der Waals surface area (Å²) in [4.78, 5) is 0. The Morgan fingerprint density at radius 1 is 1.09 bits per heavy atom. The third-order valence-corrected chi connectivity index (χ3v) is 5.28. The zero-order chi connectivity index (χ0) is 16.2. The predicted octanol–water partition coefficient (Wildman–Crippen LogP) is 4.87. The summed E-state index contributed by atoms with van der Waals surface area (Å²) in [5, 5.41) is 8.37. The summed E-state index contributed by atoms with van der Waals surface area (Å²) in [7, 11) is 0. The van der Waals surface area contributed by atoms with Crippen molar-refractivity contribution >= 4 is 44.6 Å². The van der Waals surface area contributed by atoms with Gasteiger partial charge in [0.2, 0.25) is 0 Å². The van der Waals surface area contributed by atoms with E-state index in [2.05, 4.69) is 35.0 Å². The Kier molecular flexibility index (Phi) is 5.57. The molecule has 0 saturated carbocycles. The highest BCUT2D eigenvalue weighted by molar-refractivity contribution is 7.17. The average Bonchev–Trinajstić information content (AvgIpc) is 2.93. The third kappa shape index (κ3) is 4.25. The first-order chi connectivity index (χ1) is 11.2. The summed E-state index contributed by atoms with van der Waals surface area (Å²) >= 11 is 13.9. The standard InChI is InChI=1S/C18H18Cl2N2S/c19-14-5-12(6-15(20)8-14)10-22-16(9-21)7-13-11-23-18-4-2-1-3-17(13)18/h1-6,8,11,16,22H,7,9-10,21H2. The largest absolute Gasteiger partial charge is 0.329 e. The summed E-state index contributed by atoms with van der Waals surface area (Å²) in [6, 6.07) is 14.3. The highest BCUT2D eigenvalue weighted by atomic mass is 35.5. The van der Waals surface area contributed by atoms with Crippen LogP contribution in [0.3, 0.4) is 0 Å². The molecular formula is C18H18Cl2N2S. The molecule has 0 aliphatic carbocycles. The number of hydrogen-bond acceptors (Lipinski definition) is 3. The molecule has 3 N–H and O–H groups in total. The van der Waals surface area contributed by atoms with Crippen molar-refractivity contribution in [2.45, 2.75) is 19.0 Å². The van der Waals surface area contributed by atoms with Gasteiger partial charge in [0.25, 0.3) is 0 Å². The molecule has 1 aromatic heterocycles. The number of fused-ring (bicyclic) bond motifs is 1. The van der Waals surface area contributed by atoms with Gasteiger partial charge in [-0.2, -0.15) is 0 Å². The maximum atomic E-state index is 6.04. The Bertz CT molecular complexity index is 780. The van der Waals surface area contributed by atoms with Gasteiger partial charge in [-0.3, -0.25) is 0 Å². The topological polar surface area (TPSA) is 38.0 Å². The number of nitrogens with two attached hydrogens (primary N) is 1. The van der Waals surface area contributed by atoms with E-state index in [1.807, 2.05) is 12.1 Å². The monoisotopic (exact) mass is 364 g/mol. The second-order valence-electron chi connectivity index (χ2n) is 5.55. The van der Waals surface area contributed by atoms with E-state index in [-0.39, 0.29) is 6.04 Å². The number of nitrogens with one attached hydrogen (secondary N) is 1. The lowest BCUT2D eigenvalue weighted by atomic mass is 10.0. The number of hydrogen-bond donors (Lipinski definition) is 2. The van der Waals surface area contributed by atoms with Crippen molar-refractivity contribution in [3.8, 4) is 0 Å². The Hall–Kier alpha value is -1.10. The molecule has 0 aliphatic heterocycles. The van der Waals surface area contributed by atoms with E-state index in [0.29, 0.717) is 23.1 Å². The Labute approximate surface area is 150 Å². The molecule has 0 spiro atoms. The quantitative estimate of drug-likeness (QED) is 0.654. The average molecular weight is 365 g/mol. The second-order valence-corrected chi connectivity index (χ2v) is 7.34. The molecule has 0 fully saturated rings. The smallest absolute Gasteiger partial charge is 0.0424 e. The third-order valence-electron chi connectivity index (χ3n) is 3.83. The molecule has 2 aromatic carbocycles. The molecule has 3 rings (SSSR count). The van der Waals surface area contributed by atoms with Crippen molar-refractivity contribution < 1.29 is 0 Å². The molecule has 0 aliphatic rings. The summed E-state index contributed by atoms with van der Waals surface area (Å²) in [5.74, 6) is 0. The lowest BCUT2D eigenvalue weighted by Gasteiger charge is -2.17. The number of rotatable bonds is 6. The summed E-state index contributed by atoms with van der Waals surface area (Å²) in [5.41, 5.74) is 8.36. The number of thiophene rings is 1. The molecule has 3 aromatic rings. The molecule has 0 saturated heterocycles. The fourth-order valence-corrected chi connectivity index (χ4v) is 4.22. The van der Waals surface area contributed by atoms with E-state index in [9.17, 15) is 0 Å². The van der Waals surface area contributed by atoms with Gasteiger partial charge in [0.15, 0.2) is 0 Å². The van der Waals surface area contributed by atoms with E-state index >= 15 is 0 Å². The highest BCUT2D eigenvalue weighted by Crippen LogP contribution is 2.26. The van der Waals surface area contributed by atoms with Gasteiger partial charge in [-0.25, -0.2) is 0 Å². The Balaban J connectivity index is 1.68. The molecular weight excluding hydrogens is 347 g/mol. The van der Waals surface area contributed by atoms with Crippen molar-refractivity contribution in [2.24, 2.45) is 5.73 Å². The minimum atomic E-state index is 0.214. The highest BCUT2D eigenvalue weighted by Gasteiger charge is 2.11. The summed E-state index contributed by atoms with van der Waals surface area (Å²) in [6.07, 6.45) is 0.912. The molecule has 1 heterocycles. The zero-order valence-electron chi connectivity index (χ0n) is 12.6. The van der Waals surface area contributed by atoms with Crippen LogP contribution in [0.2, 0.25) is 10.0 Å². The molecule has 120 valence electrons. The van der Waals surface area contributed by atoms with Gasteiger partial charge in [0.05, 0.1) is 0 Å². The maximum absolute atomic E-state index is 6.04. The number of halogens is 2. The summed E-state index contributed by atoms with van der Waals surface area (Å²) in [6.45, 7) is 1.28. The van der Waals surface area contributed by atoms with Crippen LogP contribution in [0.1, 0.15) is 11.1 Å². The molecule has 5 heteroatoms. The van der Waals surface area contributed by atoms with E-state index in [4.69, 9.17) is 28.9 Å². The molecule has 0 amide bonds. The fourth-order valence-electron chi connectivity index (χ4n) is 2.67. The lowest BCUT2D eigenvalue weighted by Crippen LogP contribution is -2.37. The van der Waals surface area contributed by atoms with Gasteiger partial charge in [0.1, 0.15) is 0 Å². The number of benzene rings is 2. The molecule has 0 bridgehead atoms. The fraction of sp³-hybridized carbons (Fsp3) is 0.222. The van der Waals surface area contributed by atoms with Gasteiger partial charge < -0.3 is 11.1 Å². The molecule has 2 nitrogen and oxygen atoms in total. The van der Waals surface area contributed by atoms with Crippen LogP contribution < -0.4 is 11.1 Å². The first-order valence-corrected chi connectivity index (χ1v) is 9.13.